The molecular formula is C22H27N3O2. The van der Waals surface area contributed by atoms with Crippen molar-refractivity contribution in [3.8, 4) is 0 Å². The Morgan fingerprint density at radius 3 is 2.41 bits per heavy atom. The highest BCUT2D eigenvalue weighted by atomic mass is 16.4. The fraction of sp³-hybridized carbons (Fsp3) is 0.409. The molecular weight excluding hydrogens is 338 g/mol. The molecule has 0 bridgehead atoms. The van der Waals surface area contributed by atoms with Crippen LogP contribution >= 0.6 is 0 Å². The van der Waals surface area contributed by atoms with Gasteiger partial charge in [-0.2, -0.15) is 0 Å². The number of carboxylic acid groups (broad SMARTS) is 1. The number of aliphatic carboxylic acids is 1. The first-order valence-electron chi connectivity index (χ1n) is 9.46. The van der Waals surface area contributed by atoms with Crippen molar-refractivity contribution >= 4 is 17.1 Å². The number of benzene rings is 1. The monoisotopic (exact) mass is 365 g/mol. The van der Waals surface area contributed by atoms with E-state index in [-0.39, 0.29) is 5.92 Å². The number of hydrogen-bond acceptors (Lipinski definition) is 3. The van der Waals surface area contributed by atoms with Crippen molar-refractivity contribution < 1.29 is 9.90 Å². The predicted molar refractivity (Wildman–Crippen MR) is 107 cm³/mol. The van der Waals surface area contributed by atoms with Gasteiger partial charge in [0.25, 0.3) is 0 Å². The highest BCUT2D eigenvalue weighted by Crippen LogP contribution is 2.25. The average molecular weight is 365 g/mol. The van der Waals surface area contributed by atoms with Gasteiger partial charge in [-0.1, -0.05) is 45.0 Å². The van der Waals surface area contributed by atoms with Crippen LogP contribution in [0.1, 0.15) is 54.9 Å². The lowest BCUT2D eigenvalue weighted by Gasteiger charge is -2.17. The quantitative estimate of drug-likeness (QED) is 0.699. The molecule has 0 aliphatic heterocycles. The lowest BCUT2D eigenvalue weighted by molar-refractivity contribution is -0.141. The zero-order valence-corrected chi connectivity index (χ0v) is 16.7. The third-order valence-electron chi connectivity index (χ3n) is 5.40. The highest BCUT2D eigenvalue weighted by molar-refractivity contribution is 5.76. The summed E-state index contributed by atoms with van der Waals surface area (Å²) in [5, 5.41) is 9.23. The standard InChI is InChI=1S/C22H27N3O2/c1-6-19-24-20-13(2)11-14(3)23-21(20)25(19)12-17-7-9-18(10-8-17)15(4)16(5)22(26)27/h7-11,15-16H,6,12H2,1-5H3,(H,26,27). The summed E-state index contributed by atoms with van der Waals surface area (Å²) in [6.45, 7) is 10.6. The number of aromatic nitrogens is 3. The third kappa shape index (κ3) is 3.72. The van der Waals surface area contributed by atoms with E-state index in [4.69, 9.17) is 9.97 Å². The summed E-state index contributed by atoms with van der Waals surface area (Å²) in [4.78, 5) is 20.7. The van der Waals surface area contributed by atoms with E-state index in [1.54, 1.807) is 6.92 Å². The molecule has 2 unspecified atom stereocenters. The second-order valence-corrected chi connectivity index (χ2v) is 7.38. The molecule has 5 nitrogen and oxygen atoms in total. The first-order chi connectivity index (χ1) is 12.8. The van der Waals surface area contributed by atoms with Crippen LogP contribution in [0.2, 0.25) is 0 Å². The van der Waals surface area contributed by atoms with Gasteiger partial charge in [-0.25, -0.2) is 9.97 Å². The Morgan fingerprint density at radius 2 is 1.81 bits per heavy atom. The van der Waals surface area contributed by atoms with Gasteiger partial charge in [-0.15, -0.1) is 0 Å². The number of aryl methyl sites for hydroxylation is 3. The Bertz CT molecular complexity index is 973. The number of pyridine rings is 1. The van der Waals surface area contributed by atoms with Crippen LogP contribution in [0.4, 0.5) is 0 Å². The molecule has 1 aromatic carbocycles. The SMILES string of the molecule is CCc1nc2c(C)cc(C)nc2n1Cc1ccc(C(C)C(C)C(=O)O)cc1. The number of imidazole rings is 1. The van der Waals surface area contributed by atoms with E-state index < -0.39 is 11.9 Å². The number of carbonyl (C=O) groups is 1. The van der Waals surface area contributed by atoms with Crippen molar-refractivity contribution in [2.75, 3.05) is 0 Å². The molecule has 0 spiro atoms. The van der Waals surface area contributed by atoms with Gasteiger partial charge in [0, 0.05) is 12.1 Å². The smallest absolute Gasteiger partial charge is 0.306 e. The maximum absolute atomic E-state index is 11.2. The first-order valence-corrected chi connectivity index (χ1v) is 9.46. The van der Waals surface area contributed by atoms with Crippen molar-refractivity contribution in [1.82, 2.24) is 14.5 Å². The highest BCUT2D eigenvalue weighted by Gasteiger charge is 2.21. The van der Waals surface area contributed by atoms with Gasteiger partial charge in [-0.3, -0.25) is 4.79 Å². The van der Waals surface area contributed by atoms with Gasteiger partial charge in [0.15, 0.2) is 5.65 Å². The predicted octanol–water partition coefficient (Wildman–Crippen LogP) is 4.48. The minimum atomic E-state index is -0.763. The molecule has 3 rings (SSSR count). The third-order valence-corrected chi connectivity index (χ3v) is 5.40. The molecule has 0 saturated carbocycles. The maximum atomic E-state index is 11.2. The van der Waals surface area contributed by atoms with Crippen LogP contribution in [0.5, 0.6) is 0 Å². The van der Waals surface area contributed by atoms with E-state index in [0.717, 1.165) is 45.8 Å². The number of nitrogens with zero attached hydrogens (tertiary/aromatic N) is 3. The van der Waals surface area contributed by atoms with Gasteiger partial charge in [-0.05, 0) is 42.5 Å². The van der Waals surface area contributed by atoms with E-state index in [2.05, 4.69) is 36.6 Å². The summed E-state index contributed by atoms with van der Waals surface area (Å²) in [5.41, 5.74) is 6.25. The Morgan fingerprint density at radius 1 is 1.15 bits per heavy atom. The van der Waals surface area contributed by atoms with Crippen LogP contribution in [0.15, 0.2) is 30.3 Å². The van der Waals surface area contributed by atoms with Crippen molar-refractivity contribution in [1.29, 1.82) is 0 Å². The first kappa shape index (κ1) is 19.1. The van der Waals surface area contributed by atoms with Crippen LogP contribution in [0.25, 0.3) is 11.2 Å². The van der Waals surface area contributed by atoms with Gasteiger partial charge >= 0.3 is 5.97 Å². The molecule has 3 aromatic rings. The molecule has 0 aliphatic carbocycles. The number of rotatable bonds is 6. The van der Waals surface area contributed by atoms with Crippen LogP contribution in [-0.2, 0) is 17.8 Å². The molecule has 142 valence electrons. The molecule has 5 heteroatoms. The number of hydrogen-bond donors (Lipinski definition) is 1. The normalized spacial score (nSPS) is 13.7. The summed E-state index contributed by atoms with van der Waals surface area (Å²) < 4.78 is 2.19. The molecule has 2 atom stereocenters. The molecule has 27 heavy (non-hydrogen) atoms. The minimum Gasteiger partial charge on any atom is -0.481 e. The average Bonchev–Trinajstić information content (AvgIpc) is 2.99. The van der Waals surface area contributed by atoms with E-state index in [1.165, 1.54) is 0 Å². The number of fused-ring (bicyclic) bond motifs is 1. The Kier molecular flexibility index (Phi) is 5.31. The zero-order chi connectivity index (χ0) is 19.7. The fourth-order valence-electron chi connectivity index (χ4n) is 3.50. The number of carboxylic acids is 1. The van der Waals surface area contributed by atoms with Gasteiger partial charge in [0.1, 0.15) is 11.3 Å². The van der Waals surface area contributed by atoms with Crippen LogP contribution < -0.4 is 0 Å². The largest absolute Gasteiger partial charge is 0.481 e. The van der Waals surface area contributed by atoms with E-state index in [1.807, 2.05) is 26.0 Å². The van der Waals surface area contributed by atoms with E-state index >= 15 is 0 Å². The second kappa shape index (κ2) is 7.51. The summed E-state index contributed by atoms with van der Waals surface area (Å²) in [5.74, 6) is -0.164. The lowest BCUT2D eigenvalue weighted by atomic mass is 9.88. The molecule has 2 aromatic heterocycles. The molecule has 0 saturated heterocycles. The Labute approximate surface area is 160 Å². The zero-order valence-electron chi connectivity index (χ0n) is 16.7. The van der Waals surface area contributed by atoms with Gasteiger partial charge in [0.05, 0.1) is 12.5 Å². The van der Waals surface area contributed by atoms with Crippen LogP contribution in [-0.4, -0.2) is 25.6 Å². The Hall–Kier alpha value is -2.69. The Balaban J connectivity index is 1.93. The summed E-state index contributed by atoms with van der Waals surface area (Å²) in [6.07, 6.45) is 0.847. The van der Waals surface area contributed by atoms with Crippen LogP contribution in [0, 0.1) is 19.8 Å². The van der Waals surface area contributed by atoms with Crippen molar-refractivity contribution in [3.05, 3.63) is 58.5 Å². The summed E-state index contributed by atoms with van der Waals surface area (Å²) in [7, 11) is 0. The van der Waals surface area contributed by atoms with Gasteiger partial charge < -0.3 is 9.67 Å². The topological polar surface area (TPSA) is 68.0 Å². The molecule has 0 aliphatic rings. The van der Waals surface area contributed by atoms with Crippen LogP contribution in [0.3, 0.4) is 0 Å². The summed E-state index contributed by atoms with van der Waals surface area (Å²) in [6, 6.07) is 10.3. The molecule has 0 radical (unpaired) electrons. The van der Waals surface area contributed by atoms with Gasteiger partial charge in [0.2, 0.25) is 0 Å². The van der Waals surface area contributed by atoms with E-state index in [9.17, 15) is 9.90 Å². The van der Waals surface area contributed by atoms with Crippen molar-refractivity contribution in [2.45, 2.75) is 53.5 Å². The fourth-order valence-corrected chi connectivity index (χ4v) is 3.50. The molecule has 2 heterocycles. The molecule has 1 N–H and O–H groups in total. The van der Waals surface area contributed by atoms with E-state index in [0.29, 0.717) is 6.54 Å². The summed E-state index contributed by atoms with van der Waals surface area (Å²) >= 11 is 0. The minimum absolute atomic E-state index is 0.0243. The molecule has 0 amide bonds. The van der Waals surface area contributed by atoms with Crippen molar-refractivity contribution in [3.63, 3.8) is 0 Å². The van der Waals surface area contributed by atoms with Crippen molar-refractivity contribution in [2.24, 2.45) is 5.92 Å². The maximum Gasteiger partial charge on any atom is 0.306 e. The molecule has 0 fully saturated rings. The lowest BCUT2D eigenvalue weighted by Crippen LogP contribution is -2.16. The second-order valence-electron chi connectivity index (χ2n) is 7.38.